The van der Waals surface area contributed by atoms with Crippen LogP contribution in [0.1, 0.15) is 42.6 Å². The van der Waals surface area contributed by atoms with Gasteiger partial charge in [-0.25, -0.2) is 4.68 Å². The van der Waals surface area contributed by atoms with Crippen LogP contribution < -0.4 is 5.73 Å². The monoisotopic (exact) mass is 258 g/mol. The molecule has 19 heavy (non-hydrogen) atoms. The van der Waals surface area contributed by atoms with Gasteiger partial charge in [0.2, 0.25) is 0 Å². The zero-order valence-electron chi connectivity index (χ0n) is 11.7. The molecule has 0 aliphatic heterocycles. The molecule has 1 unspecified atom stereocenters. The van der Waals surface area contributed by atoms with Gasteiger partial charge in [-0.3, -0.25) is 0 Å². The summed E-state index contributed by atoms with van der Waals surface area (Å²) in [4.78, 5) is 0. The van der Waals surface area contributed by atoms with Gasteiger partial charge in [0.15, 0.2) is 0 Å². The van der Waals surface area contributed by atoms with E-state index in [0.717, 1.165) is 31.5 Å². The average molecular weight is 258 g/mol. The maximum Gasteiger partial charge on any atom is 0.0754 e. The fourth-order valence-electron chi connectivity index (χ4n) is 2.29. The van der Waals surface area contributed by atoms with Crippen LogP contribution in [-0.2, 0) is 13.0 Å². The first-order valence-corrected chi connectivity index (χ1v) is 6.90. The summed E-state index contributed by atoms with van der Waals surface area (Å²) >= 11 is 0. The second kappa shape index (κ2) is 6.48. The zero-order valence-corrected chi connectivity index (χ0v) is 11.7. The Balaban J connectivity index is 1.99. The molecule has 102 valence electrons. The fraction of sp³-hybridized carbons (Fsp3) is 0.467. The molecule has 0 fully saturated rings. The molecule has 0 saturated heterocycles. The van der Waals surface area contributed by atoms with E-state index in [9.17, 15) is 0 Å². The van der Waals surface area contributed by atoms with E-state index in [0.29, 0.717) is 0 Å². The van der Waals surface area contributed by atoms with E-state index in [1.165, 1.54) is 11.1 Å². The highest BCUT2D eigenvalue weighted by atomic mass is 15.4. The minimum atomic E-state index is 0.00107. The van der Waals surface area contributed by atoms with Crippen LogP contribution in [0.3, 0.4) is 0 Å². The van der Waals surface area contributed by atoms with Crippen LogP contribution in [0, 0.1) is 6.92 Å². The summed E-state index contributed by atoms with van der Waals surface area (Å²) in [6, 6.07) is 8.46. The molecule has 0 aliphatic carbocycles. The molecular weight excluding hydrogens is 236 g/mol. The predicted octanol–water partition coefficient (Wildman–Crippen LogP) is 2.63. The van der Waals surface area contributed by atoms with Crippen molar-refractivity contribution in [2.45, 2.75) is 45.7 Å². The Hall–Kier alpha value is -1.68. The second-order valence-electron chi connectivity index (χ2n) is 4.95. The quantitative estimate of drug-likeness (QED) is 0.866. The second-order valence-corrected chi connectivity index (χ2v) is 4.95. The first-order valence-electron chi connectivity index (χ1n) is 6.90. The standard InChI is InChI=1S/C15H22N4/c1-3-10-19-15(11-17-18-19)14(16)9-8-13-7-5-4-6-12(13)2/h4-7,11,14H,3,8-10,16H2,1-2H3. The Morgan fingerprint density at radius 3 is 2.84 bits per heavy atom. The summed E-state index contributed by atoms with van der Waals surface area (Å²) in [5.41, 5.74) is 10.0. The Kier molecular flexibility index (Phi) is 4.68. The highest BCUT2D eigenvalue weighted by Crippen LogP contribution is 2.17. The fourth-order valence-corrected chi connectivity index (χ4v) is 2.29. The Morgan fingerprint density at radius 1 is 1.32 bits per heavy atom. The summed E-state index contributed by atoms with van der Waals surface area (Å²) in [5, 5.41) is 8.05. The first-order chi connectivity index (χ1) is 9.22. The van der Waals surface area contributed by atoms with E-state index in [-0.39, 0.29) is 6.04 Å². The predicted molar refractivity (Wildman–Crippen MR) is 76.7 cm³/mol. The molecule has 2 aromatic rings. The summed E-state index contributed by atoms with van der Waals surface area (Å²) in [6.07, 6.45) is 4.74. The van der Waals surface area contributed by atoms with Crippen molar-refractivity contribution in [1.82, 2.24) is 15.0 Å². The molecule has 0 aliphatic rings. The van der Waals surface area contributed by atoms with Crippen LogP contribution in [0.4, 0.5) is 0 Å². The average Bonchev–Trinajstić information content (AvgIpc) is 2.86. The third-order valence-corrected chi connectivity index (χ3v) is 3.45. The highest BCUT2D eigenvalue weighted by molar-refractivity contribution is 5.25. The third kappa shape index (κ3) is 3.41. The summed E-state index contributed by atoms with van der Waals surface area (Å²) in [6.45, 7) is 5.15. The van der Waals surface area contributed by atoms with Crippen molar-refractivity contribution < 1.29 is 0 Å². The number of nitrogens with zero attached hydrogens (tertiary/aromatic N) is 3. The molecule has 4 heteroatoms. The molecule has 0 spiro atoms. The lowest BCUT2D eigenvalue weighted by atomic mass is 10.0. The van der Waals surface area contributed by atoms with Crippen LogP contribution in [0.2, 0.25) is 0 Å². The van der Waals surface area contributed by atoms with E-state index in [4.69, 9.17) is 5.73 Å². The van der Waals surface area contributed by atoms with Gasteiger partial charge in [-0.15, -0.1) is 5.10 Å². The van der Waals surface area contributed by atoms with Gasteiger partial charge in [0.1, 0.15) is 0 Å². The lowest BCUT2D eigenvalue weighted by molar-refractivity contribution is 0.513. The van der Waals surface area contributed by atoms with E-state index >= 15 is 0 Å². The molecule has 2 N–H and O–H groups in total. The van der Waals surface area contributed by atoms with E-state index in [2.05, 4.69) is 48.4 Å². The van der Waals surface area contributed by atoms with E-state index < -0.39 is 0 Å². The van der Waals surface area contributed by atoms with Gasteiger partial charge in [0.25, 0.3) is 0 Å². The molecule has 1 aromatic heterocycles. The number of nitrogens with two attached hydrogens (primary N) is 1. The van der Waals surface area contributed by atoms with E-state index in [1.807, 2.05) is 4.68 Å². The van der Waals surface area contributed by atoms with Crippen LogP contribution in [0.25, 0.3) is 0 Å². The molecule has 1 heterocycles. The number of rotatable bonds is 6. The van der Waals surface area contributed by atoms with E-state index in [1.54, 1.807) is 6.20 Å². The van der Waals surface area contributed by atoms with Crippen LogP contribution in [-0.4, -0.2) is 15.0 Å². The van der Waals surface area contributed by atoms with Crippen molar-refractivity contribution in [1.29, 1.82) is 0 Å². The summed E-state index contributed by atoms with van der Waals surface area (Å²) in [5.74, 6) is 0. The number of hydrogen-bond donors (Lipinski definition) is 1. The summed E-state index contributed by atoms with van der Waals surface area (Å²) < 4.78 is 1.92. The normalized spacial score (nSPS) is 12.6. The smallest absolute Gasteiger partial charge is 0.0754 e. The van der Waals surface area contributed by atoms with Gasteiger partial charge in [0.05, 0.1) is 11.9 Å². The van der Waals surface area contributed by atoms with Gasteiger partial charge in [-0.2, -0.15) is 0 Å². The van der Waals surface area contributed by atoms with Crippen molar-refractivity contribution in [3.05, 3.63) is 47.3 Å². The van der Waals surface area contributed by atoms with Crippen LogP contribution in [0.5, 0.6) is 0 Å². The van der Waals surface area contributed by atoms with Crippen LogP contribution in [0.15, 0.2) is 30.5 Å². The van der Waals surface area contributed by atoms with Gasteiger partial charge in [0, 0.05) is 12.6 Å². The molecule has 0 radical (unpaired) electrons. The summed E-state index contributed by atoms with van der Waals surface area (Å²) in [7, 11) is 0. The topological polar surface area (TPSA) is 56.7 Å². The minimum absolute atomic E-state index is 0.00107. The molecule has 0 amide bonds. The number of aryl methyl sites for hydroxylation is 3. The zero-order chi connectivity index (χ0) is 13.7. The lowest BCUT2D eigenvalue weighted by Crippen LogP contribution is -2.17. The molecule has 1 atom stereocenters. The largest absolute Gasteiger partial charge is 0.323 e. The van der Waals surface area contributed by atoms with Crippen molar-refractivity contribution in [3.8, 4) is 0 Å². The first kappa shape index (κ1) is 13.7. The minimum Gasteiger partial charge on any atom is -0.323 e. The van der Waals surface area contributed by atoms with Crippen LogP contribution >= 0.6 is 0 Å². The van der Waals surface area contributed by atoms with Crippen molar-refractivity contribution >= 4 is 0 Å². The van der Waals surface area contributed by atoms with Gasteiger partial charge in [-0.1, -0.05) is 36.4 Å². The molecular formula is C15H22N4. The Bertz CT molecular complexity index is 518. The highest BCUT2D eigenvalue weighted by Gasteiger charge is 2.12. The number of benzene rings is 1. The van der Waals surface area contributed by atoms with Crippen molar-refractivity contribution in [3.63, 3.8) is 0 Å². The Morgan fingerprint density at radius 2 is 2.11 bits per heavy atom. The van der Waals surface area contributed by atoms with Gasteiger partial charge >= 0.3 is 0 Å². The molecule has 0 saturated carbocycles. The molecule has 1 aromatic carbocycles. The van der Waals surface area contributed by atoms with Gasteiger partial charge < -0.3 is 5.73 Å². The maximum absolute atomic E-state index is 6.27. The number of hydrogen-bond acceptors (Lipinski definition) is 3. The van der Waals surface area contributed by atoms with Crippen molar-refractivity contribution in [2.75, 3.05) is 0 Å². The lowest BCUT2D eigenvalue weighted by Gasteiger charge is -2.13. The Labute approximate surface area is 114 Å². The molecule has 4 nitrogen and oxygen atoms in total. The molecule has 0 bridgehead atoms. The van der Waals surface area contributed by atoms with Crippen molar-refractivity contribution in [2.24, 2.45) is 5.73 Å². The van der Waals surface area contributed by atoms with Gasteiger partial charge in [-0.05, 0) is 37.3 Å². The molecule has 2 rings (SSSR count). The maximum atomic E-state index is 6.27. The number of aromatic nitrogens is 3. The third-order valence-electron chi connectivity index (χ3n) is 3.45. The SMILES string of the molecule is CCCn1nncc1C(N)CCc1ccccc1C.